The zero-order chi connectivity index (χ0) is 3.41. The minimum atomic E-state index is 0. The molecule has 0 saturated heterocycles. The monoisotopic (exact) mass is 114 g/mol. The minimum absolute atomic E-state index is 0. The number of halogens is 1. The zero-order valence-corrected chi connectivity index (χ0v) is 6.33. The van der Waals surface area contributed by atoms with Crippen LogP contribution in [-0.2, 0) is 0 Å². The number of hydrogen-bond acceptors (Lipinski definition) is 0. The molecular formula is C4H7ClMg. The summed E-state index contributed by atoms with van der Waals surface area (Å²) in [4.78, 5) is 0. The summed E-state index contributed by atoms with van der Waals surface area (Å²) in [5.74, 6) is 0. The maximum atomic E-state index is 2.81. The van der Waals surface area contributed by atoms with Gasteiger partial charge in [0.15, 0.2) is 0 Å². The Hall–Kier alpha value is 0.796. The summed E-state index contributed by atoms with van der Waals surface area (Å²) in [5, 5.41) is 0. The molecule has 0 spiro atoms. The molecule has 0 aromatic rings. The van der Waals surface area contributed by atoms with Gasteiger partial charge in [-0.05, 0) is 0 Å². The van der Waals surface area contributed by atoms with Crippen molar-refractivity contribution in [3.05, 3.63) is 12.2 Å². The Labute approximate surface area is 61.6 Å². The predicted molar refractivity (Wildman–Crippen MR) is 24.9 cm³/mol. The van der Waals surface area contributed by atoms with E-state index in [1.54, 1.807) is 0 Å². The van der Waals surface area contributed by atoms with Gasteiger partial charge in [0.2, 0.25) is 0 Å². The summed E-state index contributed by atoms with van der Waals surface area (Å²) >= 11 is 0. The molecule has 0 bridgehead atoms. The van der Waals surface area contributed by atoms with Crippen LogP contribution in [-0.4, -0.2) is 23.1 Å². The molecular weight excluding hydrogens is 108 g/mol. The third-order valence-electron chi connectivity index (χ3n) is 0.289. The van der Waals surface area contributed by atoms with E-state index in [0.717, 1.165) is 0 Å². The van der Waals surface area contributed by atoms with Crippen LogP contribution in [0.4, 0.5) is 0 Å². The Balaban J connectivity index is -0.0000000450. The van der Waals surface area contributed by atoms with Crippen molar-refractivity contribution in [2.45, 2.75) is 13.8 Å². The Morgan fingerprint density at radius 3 is 1.67 bits per heavy atom. The van der Waals surface area contributed by atoms with E-state index in [1.807, 2.05) is 19.9 Å². The molecule has 0 radical (unpaired) electrons. The molecule has 0 rings (SSSR count). The van der Waals surface area contributed by atoms with Crippen LogP contribution < -0.4 is 12.4 Å². The van der Waals surface area contributed by atoms with Gasteiger partial charge in [-0.2, -0.15) is 6.92 Å². The molecule has 0 aromatic heterocycles. The van der Waals surface area contributed by atoms with Crippen LogP contribution in [0.2, 0.25) is 0 Å². The van der Waals surface area contributed by atoms with Gasteiger partial charge in [-0.25, -0.2) is 0 Å². The fourth-order valence-corrected chi connectivity index (χ4v) is 0. The molecule has 6 heavy (non-hydrogen) atoms. The first kappa shape index (κ1) is 15.8. The average Bonchev–Trinajstić information content (AvgIpc) is 1.37. The molecule has 0 aliphatic heterocycles. The number of hydrogen-bond donors (Lipinski definition) is 0. The summed E-state index contributed by atoms with van der Waals surface area (Å²) in [6, 6.07) is 0. The van der Waals surface area contributed by atoms with Gasteiger partial charge < -0.3 is 18.5 Å². The van der Waals surface area contributed by atoms with E-state index < -0.39 is 0 Å². The second-order valence-electron chi connectivity index (χ2n) is 0.577. The molecule has 2 heteroatoms. The van der Waals surface area contributed by atoms with Gasteiger partial charge in [-0.1, -0.05) is 6.92 Å². The molecule has 0 nitrogen and oxygen atoms in total. The third kappa shape index (κ3) is 21.4. The van der Waals surface area contributed by atoms with Crippen LogP contribution in [0.1, 0.15) is 13.8 Å². The third-order valence-corrected chi connectivity index (χ3v) is 0.289. The zero-order valence-electron chi connectivity index (χ0n) is 4.16. The van der Waals surface area contributed by atoms with E-state index in [0.29, 0.717) is 0 Å². The maximum absolute atomic E-state index is 2.81. The Morgan fingerprint density at radius 2 is 1.67 bits per heavy atom. The number of allylic oxidation sites excluding steroid dienone is 2. The van der Waals surface area contributed by atoms with Gasteiger partial charge in [-0.15, -0.1) is 0 Å². The van der Waals surface area contributed by atoms with Crippen LogP contribution >= 0.6 is 0 Å². The van der Waals surface area contributed by atoms with Gasteiger partial charge in [0, 0.05) is 0 Å². The molecule has 0 heterocycles. The van der Waals surface area contributed by atoms with Gasteiger partial charge >= 0.3 is 23.1 Å². The van der Waals surface area contributed by atoms with Crippen LogP contribution in [0.5, 0.6) is 0 Å². The minimum Gasteiger partial charge on any atom is -1.00 e. The largest absolute Gasteiger partial charge is 2.00 e. The quantitative estimate of drug-likeness (QED) is 0.253. The molecule has 0 unspecified atom stereocenters. The average molecular weight is 115 g/mol. The molecule has 0 aromatic carbocycles. The fraction of sp³-hybridized carbons (Fsp3) is 0.500. The van der Waals surface area contributed by atoms with Crippen molar-refractivity contribution >= 4 is 23.1 Å². The molecule has 0 atom stereocenters. The van der Waals surface area contributed by atoms with Crippen LogP contribution in [0.15, 0.2) is 6.08 Å². The normalized spacial score (nSPS) is 6.33. The smallest absolute Gasteiger partial charge is 1.00 e. The standard InChI is InChI=1S/C4H7.ClH.Mg/c1-3-4-2;;/h3H,1-2H3;1H;/q-1;;+2/p-1. The van der Waals surface area contributed by atoms with E-state index in [9.17, 15) is 0 Å². The summed E-state index contributed by atoms with van der Waals surface area (Å²) in [6.07, 6.45) is 4.68. The summed E-state index contributed by atoms with van der Waals surface area (Å²) in [5.41, 5.74) is 0. The van der Waals surface area contributed by atoms with Gasteiger partial charge in [-0.3, -0.25) is 6.08 Å². The second-order valence-corrected chi connectivity index (χ2v) is 0.577. The molecule has 0 saturated carbocycles. The summed E-state index contributed by atoms with van der Waals surface area (Å²) < 4.78 is 0. The molecule has 0 N–H and O–H groups in total. The van der Waals surface area contributed by atoms with E-state index in [1.165, 1.54) is 0 Å². The Morgan fingerprint density at radius 1 is 1.50 bits per heavy atom. The molecule has 0 fully saturated rings. The predicted octanol–water partition coefficient (Wildman–Crippen LogP) is -1.99. The van der Waals surface area contributed by atoms with E-state index in [-0.39, 0.29) is 35.5 Å². The van der Waals surface area contributed by atoms with Gasteiger partial charge in [0.1, 0.15) is 0 Å². The van der Waals surface area contributed by atoms with Gasteiger partial charge in [0.25, 0.3) is 0 Å². The van der Waals surface area contributed by atoms with Crippen molar-refractivity contribution in [2.24, 2.45) is 0 Å². The molecule has 32 valence electrons. The SMILES string of the molecule is C[C-]=CC.[Cl-].[Mg+2]. The van der Waals surface area contributed by atoms with Crippen molar-refractivity contribution in [1.82, 2.24) is 0 Å². The summed E-state index contributed by atoms with van der Waals surface area (Å²) in [6.45, 7) is 3.82. The maximum Gasteiger partial charge on any atom is 2.00 e. The van der Waals surface area contributed by atoms with E-state index in [4.69, 9.17) is 0 Å². The van der Waals surface area contributed by atoms with E-state index >= 15 is 0 Å². The first-order valence-electron chi connectivity index (χ1n) is 1.37. The summed E-state index contributed by atoms with van der Waals surface area (Å²) in [7, 11) is 0. The first-order valence-corrected chi connectivity index (χ1v) is 1.37. The first-order chi connectivity index (χ1) is 1.91. The van der Waals surface area contributed by atoms with Crippen LogP contribution in [0, 0.1) is 6.08 Å². The molecule has 0 aliphatic rings. The van der Waals surface area contributed by atoms with Crippen molar-refractivity contribution in [3.8, 4) is 0 Å². The molecule has 0 aliphatic carbocycles. The fourth-order valence-electron chi connectivity index (χ4n) is 0. The Kier molecular flexibility index (Phi) is 45.0. The number of rotatable bonds is 0. The topological polar surface area (TPSA) is 0 Å². The Bertz CT molecular complexity index is 22.7. The van der Waals surface area contributed by atoms with Crippen molar-refractivity contribution in [2.75, 3.05) is 0 Å². The van der Waals surface area contributed by atoms with E-state index in [2.05, 4.69) is 6.08 Å². The molecule has 0 amide bonds. The van der Waals surface area contributed by atoms with Crippen molar-refractivity contribution in [1.29, 1.82) is 0 Å². The van der Waals surface area contributed by atoms with Crippen LogP contribution in [0.25, 0.3) is 0 Å². The second kappa shape index (κ2) is 17.1. The van der Waals surface area contributed by atoms with Gasteiger partial charge in [0.05, 0.1) is 0 Å². The van der Waals surface area contributed by atoms with Crippen molar-refractivity contribution < 1.29 is 12.4 Å². The van der Waals surface area contributed by atoms with Crippen LogP contribution in [0.3, 0.4) is 0 Å². The van der Waals surface area contributed by atoms with Crippen molar-refractivity contribution in [3.63, 3.8) is 0 Å².